The Morgan fingerprint density at radius 3 is 2.43 bits per heavy atom. The minimum Gasteiger partial charge on any atom is -0.496 e. The largest absolute Gasteiger partial charge is 0.496 e. The first-order valence-electron chi connectivity index (χ1n) is 8.68. The zero-order valence-electron chi connectivity index (χ0n) is 16.1. The Morgan fingerprint density at radius 2 is 1.86 bits per heavy atom. The van der Waals surface area contributed by atoms with E-state index in [4.69, 9.17) is 18.9 Å². The SMILES string of the molecule is CCOc1ccc([C@H]2OC(c3cc(Br)c(OC)cc3OC)=NN2C(C)=O)cc1. The van der Waals surface area contributed by atoms with Gasteiger partial charge in [-0.2, -0.15) is 5.01 Å². The van der Waals surface area contributed by atoms with Crippen LogP contribution in [0.1, 0.15) is 31.2 Å². The van der Waals surface area contributed by atoms with Crippen molar-refractivity contribution in [2.24, 2.45) is 5.10 Å². The van der Waals surface area contributed by atoms with Crippen molar-refractivity contribution in [3.05, 3.63) is 52.0 Å². The molecule has 2 aromatic rings. The van der Waals surface area contributed by atoms with E-state index in [0.29, 0.717) is 23.7 Å². The quantitative estimate of drug-likeness (QED) is 0.664. The van der Waals surface area contributed by atoms with E-state index in [1.807, 2.05) is 31.2 Å². The molecular formula is C20H21BrN2O5. The molecule has 1 aliphatic heterocycles. The summed E-state index contributed by atoms with van der Waals surface area (Å²) in [5, 5.41) is 5.69. The van der Waals surface area contributed by atoms with Crippen molar-refractivity contribution >= 4 is 27.7 Å². The molecule has 8 heteroatoms. The highest BCUT2D eigenvalue weighted by Crippen LogP contribution is 2.37. The number of halogens is 1. The summed E-state index contributed by atoms with van der Waals surface area (Å²) in [4.78, 5) is 12.2. The normalized spacial score (nSPS) is 15.7. The summed E-state index contributed by atoms with van der Waals surface area (Å²) < 4.78 is 23.0. The fourth-order valence-corrected chi connectivity index (χ4v) is 3.32. The maximum absolute atomic E-state index is 12.2. The average molecular weight is 449 g/mol. The van der Waals surface area contributed by atoms with Crippen LogP contribution in [0.15, 0.2) is 46.0 Å². The predicted molar refractivity (Wildman–Crippen MR) is 108 cm³/mol. The molecule has 0 unspecified atom stereocenters. The number of methoxy groups -OCH3 is 2. The summed E-state index contributed by atoms with van der Waals surface area (Å²) in [7, 11) is 3.12. The second-order valence-corrected chi connectivity index (χ2v) is 6.78. The number of hydrogen-bond donors (Lipinski definition) is 0. The summed E-state index contributed by atoms with van der Waals surface area (Å²) in [5.41, 5.74) is 1.39. The van der Waals surface area contributed by atoms with Crippen molar-refractivity contribution in [1.29, 1.82) is 0 Å². The summed E-state index contributed by atoms with van der Waals surface area (Å²) >= 11 is 3.46. The molecule has 0 aromatic heterocycles. The fraction of sp³-hybridized carbons (Fsp3) is 0.300. The van der Waals surface area contributed by atoms with Crippen molar-refractivity contribution < 1.29 is 23.7 Å². The van der Waals surface area contributed by atoms with Gasteiger partial charge in [-0.25, -0.2) is 0 Å². The molecule has 1 amide bonds. The molecule has 0 saturated heterocycles. The van der Waals surface area contributed by atoms with E-state index in [0.717, 1.165) is 15.8 Å². The summed E-state index contributed by atoms with van der Waals surface area (Å²) in [6, 6.07) is 10.9. The van der Waals surface area contributed by atoms with Gasteiger partial charge >= 0.3 is 0 Å². The van der Waals surface area contributed by atoms with Gasteiger partial charge in [0.2, 0.25) is 18.0 Å². The number of ether oxygens (including phenoxy) is 4. The fourth-order valence-electron chi connectivity index (χ4n) is 2.81. The van der Waals surface area contributed by atoms with Crippen LogP contribution in [0.3, 0.4) is 0 Å². The maximum atomic E-state index is 12.2. The molecule has 2 aromatic carbocycles. The molecule has 0 bridgehead atoms. The number of rotatable bonds is 6. The van der Waals surface area contributed by atoms with Crippen LogP contribution in [-0.4, -0.2) is 37.6 Å². The molecule has 148 valence electrons. The van der Waals surface area contributed by atoms with Crippen molar-refractivity contribution in [3.63, 3.8) is 0 Å². The van der Waals surface area contributed by atoms with Crippen molar-refractivity contribution in [3.8, 4) is 17.2 Å². The molecule has 0 radical (unpaired) electrons. The van der Waals surface area contributed by atoms with E-state index >= 15 is 0 Å². The van der Waals surface area contributed by atoms with Gasteiger partial charge in [-0.1, -0.05) is 0 Å². The van der Waals surface area contributed by atoms with Gasteiger partial charge in [0.1, 0.15) is 17.2 Å². The second-order valence-electron chi connectivity index (χ2n) is 5.93. The Balaban J connectivity index is 1.95. The lowest BCUT2D eigenvalue weighted by atomic mass is 10.1. The van der Waals surface area contributed by atoms with E-state index in [1.54, 1.807) is 26.4 Å². The monoisotopic (exact) mass is 448 g/mol. The Labute approximate surface area is 172 Å². The third kappa shape index (κ3) is 3.91. The molecule has 0 spiro atoms. The van der Waals surface area contributed by atoms with E-state index in [2.05, 4.69) is 21.0 Å². The minimum atomic E-state index is -0.672. The highest BCUT2D eigenvalue weighted by atomic mass is 79.9. The van der Waals surface area contributed by atoms with E-state index in [-0.39, 0.29) is 11.8 Å². The Hall–Kier alpha value is -2.74. The van der Waals surface area contributed by atoms with Crippen LogP contribution in [0.5, 0.6) is 17.2 Å². The third-order valence-electron chi connectivity index (χ3n) is 4.15. The molecular weight excluding hydrogens is 428 g/mol. The number of nitrogens with zero attached hydrogens (tertiary/aromatic N) is 2. The van der Waals surface area contributed by atoms with Gasteiger partial charge in [0, 0.05) is 18.6 Å². The number of hydrazone groups is 1. The smallest absolute Gasteiger partial charge is 0.244 e. The second kappa shape index (κ2) is 8.52. The molecule has 0 N–H and O–H groups in total. The van der Waals surface area contributed by atoms with Gasteiger partial charge in [0.15, 0.2) is 0 Å². The molecule has 3 rings (SSSR count). The number of amides is 1. The first-order chi connectivity index (χ1) is 13.5. The summed E-state index contributed by atoms with van der Waals surface area (Å²) in [6.45, 7) is 3.95. The lowest BCUT2D eigenvalue weighted by Gasteiger charge is -2.19. The molecule has 1 aliphatic rings. The number of carbonyl (C=O) groups excluding carboxylic acids is 1. The standard InChI is InChI=1S/C20H21BrN2O5/c1-5-27-14-8-6-13(7-9-14)20-23(12(2)24)22-19(28-20)15-10-16(21)18(26-4)11-17(15)25-3/h6-11,20H,5H2,1-4H3/t20-/m1/s1. The van der Waals surface area contributed by atoms with Crippen molar-refractivity contribution in [1.82, 2.24) is 5.01 Å². The van der Waals surface area contributed by atoms with Crippen LogP contribution < -0.4 is 14.2 Å². The van der Waals surface area contributed by atoms with Gasteiger partial charge in [0.05, 0.1) is 30.9 Å². The Bertz CT molecular complexity index is 898. The van der Waals surface area contributed by atoms with Crippen LogP contribution in [0.25, 0.3) is 0 Å². The van der Waals surface area contributed by atoms with Crippen LogP contribution in [0.2, 0.25) is 0 Å². The van der Waals surface area contributed by atoms with E-state index in [1.165, 1.54) is 11.9 Å². The Morgan fingerprint density at radius 1 is 1.18 bits per heavy atom. The summed E-state index contributed by atoms with van der Waals surface area (Å²) in [6.07, 6.45) is -0.672. The third-order valence-corrected chi connectivity index (χ3v) is 4.77. The number of hydrogen-bond acceptors (Lipinski definition) is 6. The minimum absolute atomic E-state index is 0.236. The highest BCUT2D eigenvalue weighted by Gasteiger charge is 2.34. The molecule has 7 nitrogen and oxygen atoms in total. The molecule has 1 heterocycles. The first-order valence-corrected chi connectivity index (χ1v) is 9.47. The highest BCUT2D eigenvalue weighted by molar-refractivity contribution is 9.10. The van der Waals surface area contributed by atoms with E-state index < -0.39 is 6.23 Å². The van der Waals surface area contributed by atoms with Crippen LogP contribution in [-0.2, 0) is 9.53 Å². The van der Waals surface area contributed by atoms with Gasteiger partial charge in [-0.15, -0.1) is 5.10 Å². The van der Waals surface area contributed by atoms with Crippen molar-refractivity contribution in [2.45, 2.75) is 20.1 Å². The van der Waals surface area contributed by atoms with Gasteiger partial charge in [0.25, 0.3) is 0 Å². The molecule has 0 saturated carbocycles. The lowest BCUT2D eigenvalue weighted by molar-refractivity contribution is -0.135. The van der Waals surface area contributed by atoms with E-state index in [9.17, 15) is 4.79 Å². The summed E-state index contributed by atoms with van der Waals surface area (Å²) in [5.74, 6) is 1.94. The average Bonchev–Trinajstić information content (AvgIpc) is 3.14. The van der Waals surface area contributed by atoms with Crippen molar-refractivity contribution in [2.75, 3.05) is 20.8 Å². The maximum Gasteiger partial charge on any atom is 0.244 e. The predicted octanol–water partition coefficient (Wildman–Crippen LogP) is 4.10. The zero-order chi connectivity index (χ0) is 20.3. The van der Waals surface area contributed by atoms with Gasteiger partial charge in [-0.05, 0) is 53.2 Å². The molecule has 28 heavy (non-hydrogen) atoms. The lowest BCUT2D eigenvalue weighted by Crippen LogP contribution is -2.25. The first kappa shape index (κ1) is 20.0. The van der Waals surface area contributed by atoms with Crippen LogP contribution >= 0.6 is 15.9 Å². The number of benzene rings is 2. The van der Waals surface area contributed by atoms with Gasteiger partial charge in [-0.3, -0.25) is 4.79 Å². The topological polar surface area (TPSA) is 69.6 Å². The van der Waals surface area contributed by atoms with Crippen LogP contribution in [0, 0.1) is 0 Å². The number of carbonyl (C=O) groups is 1. The molecule has 1 atom stereocenters. The van der Waals surface area contributed by atoms with Gasteiger partial charge < -0.3 is 18.9 Å². The molecule has 0 aliphatic carbocycles. The zero-order valence-corrected chi connectivity index (χ0v) is 17.6. The van der Waals surface area contributed by atoms with Crippen LogP contribution in [0.4, 0.5) is 0 Å². The Kier molecular flexibility index (Phi) is 6.08. The molecule has 0 fully saturated rings.